The van der Waals surface area contributed by atoms with E-state index < -0.39 is 78.0 Å². The van der Waals surface area contributed by atoms with Crippen LogP contribution >= 0.6 is 0 Å². The Hall–Kier alpha value is -3.79. The van der Waals surface area contributed by atoms with E-state index in [0.29, 0.717) is 25.8 Å². The van der Waals surface area contributed by atoms with Gasteiger partial charge in [-0.25, -0.2) is 4.79 Å². The molecule has 240 valence electrons. The fourth-order valence-electron chi connectivity index (χ4n) is 3.93. The number of carboxylic acid groups (broad SMARTS) is 1. The Labute approximate surface area is 245 Å². The van der Waals surface area contributed by atoms with Crippen molar-refractivity contribution < 1.29 is 38.7 Å². The molecule has 0 aromatic carbocycles. The predicted molar refractivity (Wildman–Crippen MR) is 153 cm³/mol. The SMILES string of the molecule is CC(C)C[C@H](N)C(=O)N[C@H](C(=O)N[C@@H](CCCCN)C(=O)N[C@@H](CCC(N)=O)C(=O)N[C@@H](CC(N)=O)C(=O)O)C(C)C. The Morgan fingerprint density at radius 1 is 0.690 bits per heavy atom. The van der Waals surface area contributed by atoms with E-state index in [2.05, 4.69) is 21.3 Å². The van der Waals surface area contributed by atoms with Crippen molar-refractivity contribution in [2.75, 3.05) is 6.54 Å². The number of rotatable bonds is 21. The molecule has 0 aromatic rings. The lowest BCUT2D eigenvalue weighted by atomic mass is 9.99. The smallest absolute Gasteiger partial charge is 0.326 e. The second-order valence-corrected chi connectivity index (χ2v) is 10.9. The van der Waals surface area contributed by atoms with Crippen LogP contribution in [-0.4, -0.2) is 83.3 Å². The highest BCUT2D eigenvalue weighted by atomic mass is 16.4. The van der Waals surface area contributed by atoms with Gasteiger partial charge in [0.1, 0.15) is 24.2 Å². The topological polar surface area (TPSA) is 292 Å². The average molecular weight is 601 g/mol. The minimum Gasteiger partial charge on any atom is -0.480 e. The summed E-state index contributed by atoms with van der Waals surface area (Å²) in [6.45, 7) is 7.54. The van der Waals surface area contributed by atoms with Gasteiger partial charge in [0.15, 0.2) is 0 Å². The largest absolute Gasteiger partial charge is 0.480 e. The van der Waals surface area contributed by atoms with Crippen LogP contribution in [0.2, 0.25) is 0 Å². The van der Waals surface area contributed by atoms with E-state index in [1.165, 1.54) is 0 Å². The van der Waals surface area contributed by atoms with E-state index in [1.807, 2.05) is 13.8 Å². The normalized spacial score (nSPS) is 14.7. The van der Waals surface area contributed by atoms with Crippen LogP contribution in [0.15, 0.2) is 0 Å². The summed E-state index contributed by atoms with van der Waals surface area (Å²) in [5, 5.41) is 19.1. The van der Waals surface area contributed by atoms with Gasteiger partial charge in [0.05, 0.1) is 12.5 Å². The summed E-state index contributed by atoms with van der Waals surface area (Å²) in [6, 6.07) is -6.17. The molecular weight excluding hydrogens is 552 g/mol. The molecule has 0 saturated heterocycles. The molecule has 0 aliphatic heterocycles. The highest BCUT2D eigenvalue weighted by Gasteiger charge is 2.33. The maximum absolute atomic E-state index is 13.3. The first-order valence-corrected chi connectivity index (χ1v) is 14.0. The maximum Gasteiger partial charge on any atom is 0.326 e. The van der Waals surface area contributed by atoms with E-state index in [9.17, 15) is 38.7 Å². The summed E-state index contributed by atoms with van der Waals surface area (Å²) >= 11 is 0. The standard InChI is InChI=1S/C26H48N8O8/c1-13(2)11-15(28)22(37)34-21(14(3)4)25(40)32-16(7-5-6-10-27)23(38)31-17(8-9-19(29)35)24(39)33-18(26(41)42)12-20(30)36/h13-18,21H,5-12,27-28H2,1-4H3,(H2,29,35)(H2,30,36)(H,31,38)(H,32,40)(H,33,39)(H,34,37)(H,41,42)/t15-,16-,17-,18-,21-/m0/s1. The van der Waals surface area contributed by atoms with Crippen molar-refractivity contribution in [1.29, 1.82) is 0 Å². The Balaban J connectivity index is 5.91. The van der Waals surface area contributed by atoms with Crippen molar-refractivity contribution in [1.82, 2.24) is 21.3 Å². The second-order valence-electron chi connectivity index (χ2n) is 10.9. The fraction of sp³-hybridized carbons (Fsp3) is 0.731. The van der Waals surface area contributed by atoms with E-state index in [1.54, 1.807) is 13.8 Å². The third kappa shape index (κ3) is 15.3. The van der Waals surface area contributed by atoms with Gasteiger partial charge in [0.25, 0.3) is 0 Å². The van der Waals surface area contributed by atoms with Gasteiger partial charge < -0.3 is 49.3 Å². The molecule has 0 bridgehead atoms. The summed E-state index contributed by atoms with van der Waals surface area (Å²) in [5.41, 5.74) is 21.8. The monoisotopic (exact) mass is 600 g/mol. The van der Waals surface area contributed by atoms with Crippen LogP contribution < -0.4 is 44.2 Å². The van der Waals surface area contributed by atoms with Crippen LogP contribution in [0.5, 0.6) is 0 Å². The van der Waals surface area contributed by atoms with Crippen molar-refractivity contribution in [2.45, 2.75) is 103 Å². The minimum absolute atomic E-state index is 0.115. The van der Waals surface area contributed by atoms with Crippen LogP contribution in [-0.2, 0) is 33.6 Å². The number of carboxylic acids is 1. The van der Waals surface area contributed by atoms with Gasteiger partial charge in [0, 0.05) is 6.42 Å². The lowest BCUT2D eigenvalue weighted by Crippen LogP contribution is -2.59. The Morgan fingerprint density at radius 2 is 1.21 bits per heavy atom. The molecule has 16 heteroatoms. The molecule has 0 radical (unpaired) electrons. The molecule has 42 heavy (non-hydrogen) atoms. The molecule has 0 aliphatic carbocycles. The van der Waals surface area contributed by atoms with Crippen molar-refractivity contribution in [3.05, 3.63) is 0 Å². The molecule has 0 unspecified atom stereocenters. The molecule has 0 spiro atoms. The van der Waals surface area contributed by atoms with Gasteiger partial charge >= 0.3 is 5.97 Å². The number of hydrogen-bond donors (Lipinski definition) is 9. The Bertz CT molecular complexity index is 959. The van der Waals surface area contributed by atoms with E-state index >= 15 is 0 Å². The molecule has 0 aromatic heterocycles. The highest BCUT2D eigenvalue weighted by molar-refractivity contribution is 5.96. The van der Waals surface area contributed by atoms with Crippen molar-refractivity contribution >= 4 is 41.4 Å². The van der Waals surface area contributed by atoms with Gasteiger partial charge in [-0.15, -0.1) is 0 Å². The number of carbonyl (C=O) groups is 7. The number of primary amides is 2. The van der Waals surface area contributed by atoms with Crippen molar-refractivity contribution in [3.8, 4) is 0 Å². The average Bonchev–Trinajstić information content (AvgIpc) is 2.87. The first-order valence-electron chi connectivity index (χ1n) is 14.0. The lowest BCUT2D eigenvalue weighted by Gasteiger charge is -2.28. The van der Waals surface area contributed by atoms with Gasteiger partial charge in [-0.1, -0.05) is 27.7 Å². The molecule has 16 nitrogen and oxygen atoms in total. The summed E-state index contributed by atoms with van der Waals surface area (Å²) in [5.74, 6) is -6.53. The fourth-order valence-corrected chi connectivity index (χ4v) is 3.93. The molecular formula is C26H48N8O8. The highest BCUT2D eigenvalue weighted by Crippen LogP contribution is 2.09. The molecule has 0 rings (SSSR count). The zero-order chi connectivity index (χ0) is 32.6. The van der Waals surface area contributed by atoms with Crippen LogP contribution in [0.1, 0.15) is 72.6 Å². The number of carbonyl (C=O) groups excluding carboxylic acids is 6. The van der Waals surface area contributed by atoms with Gasteiger partial charge in [-0.05, 0) is 50.5 Å². The minimum atomic E-state index is -1.68. The molecule has 6 amide bonds. The molecule has 0 fully saturated rings. The van der Waals surface area contributed by atoms with Gasteiger partial charge in [0.2, 0.25) is 35.4 Å². The van der Waals surface area contributed by atoms with Crippen LogP contribution in [0.3, 0.4) is 0 Å². The number of unbranched alkanes of at least 4 members (excludes halogenated alkanes) is 1. The lowest BCUT2D eigenvalue weighted by molar-refractivity contribution is -0.144. The van der Waals surface area contributed by atoms with Crippen LogP contribution in [0.25, 0.3) is 0 Å². The zero-order valence-electron chi connectivity index (χ0n) is 24.8. The van der Waals surface area contributed by atoms with E-state index in [0.717, 1.165) is 0 Å². The molecule has 0 saturated carbocycles. The third-order valence-corrected chi connectivity index (χ3v) is 6.22. The Kier molecular flexibility index (Phi) is 17.6. The quantitative estimate of drug-likeness (QED) is 0.0614. The molecule has 5 atom stereocenters. The number of nitrogens with two attached hydrogens (primary N) is 4. The summed E-state index contributed by atoms with van der Waals surface area (Å²) < 4.78 is 0. The zero-order valence-corrected chi connectivity index (χ0v) is 24.8. The van der Waals surface area contributed by atoms with E-state index in [4.69, 9.17) is 22.9 Å². The number of hydrogen-bond acceptors (Lipinski definition) is 9. The number of nitrogens with one attached hydrogen (secondary N) is 4. The number of aliphatic carboxylic acids is 1. The van der Waals surface area contributed by atoms with Gasteiger partial charge in [-0.2, -0.15) is 0 Å². The summed E-state index contributed by atoms with van der Waals surface area (Å²) in [4.78, 5) is 86.2. The summed E-state index contributed by atoms with van der Waals surface area (Å²) in [7, 11) is 0. The maximum atomic E-state index is 13.3. The molecule has 0 heterocycles. The van der Waals surface area contributed by atoms with Crippen LogP contribution in [0.4, 0.5) is 0 Å². The first-order chi connectivity index (χ1) is 19.5. The molecule has 13 N–H and O–H groups in total. The molecule has 0 aliphatic rings. The predicted octanol–water partition coefficient (Wildman–Crippen LogP) is -2.69. The van der Waals surface area contributed by atoms with Crippen molar-refractivity contribution in [3.63, 3.8) is 0 Å². The first kappa shape index (κ1) is 38.2. The van der Waals surface area contributed by atoms with E-state index in [-0.39, 0.29) is 31.1 Å². The van der Waals surface area contributed by atoms with Crippen molar-refractivity contribution in [2.24, 2.45) is 34.8 Å². The summed E-state index contributed by atoms with van der Waals surface area (Å²) in [6.07, 6.45) is 0.116. The third-order valence-electron chi connectivity index (χ3n) is 6.22. The van der Waals surface area contributed by atoms with Gasteiger partial charge in [-0.3, -0.25) is 28.8 Å². The number of amides is 6. The van der Waals surface area contributed by atoms with Crippen LogP contribution in [0, 0.1) is 11.8 Å². The second kappa shape index (κ2) is 19.4. The Morgan fingerprint density at radius 3 is 1.67 bits per heavy atom.